The van der Waals surface area contributed by atoms with E-state index < -0.39 is 23.3 Å². The summed E-state index contributed by atoms with van der Waals surface area (Å²) in [5, 5.41) is 19.2. The Bertz CT molecular complexity index is 498. The first-order valence-electron chi connectivity index (χ1n) is 6.43. The number of halogens is 2. The Labute approximate surface area is 124 Å². The molecule has 1 fully saturated rings. The van der Waals surface area contributed by atoms with E-state index in [1.54, 1.807) is 6.07 Å². The van der Waals surface area contributed by atoms with Crippen LogP contribution < -0.4 is 4.74 Å². The number of rotatable bonds is 4. The van der Waals surface area contributed by atoms with Gasteiger partial charge in [0, 0.05) is 4.47 Å². The normalized spacial score (nSPS) is 26.2. The molecule has 20 heavy (non-hydrogen) atoms. The molecule has 4 nitrogen and oxygen atoms in total. The van der Waals surface area contributed by atoms with E-state index in [0.717, 1.165) is 0 Å². The van der Waals surface area contributed by atoms with Gasteiger partial charge in [0.25, 0.3) is 0 Å². The predicted molar refractivity (Wildman–Crippen MR) is 74.1 cm³/mol. The molecule has 1 aliphatic carbocycles. The lowest BCUT2D eigenvalue weighted by Gasteiger charge is -2.34. The van der Waals surface area contributed by atoms with Gasteiger partial charge >= 0.3 is 5.97 Å². The van der Waals surface area contributed by atoms with Crippen LogP contribution in [-0.2, 0) is 4.79 Å². The second kappa shape index (κ2) is 6.10. The molecule has 2 N–H and O–H groups in total. The summed E-state index contributed by atoms with van der Waals surface area (Å²) in [5.74, 6) is -1.64. The number of aliphatic hydroxyl groups is 1. The van der Waals surface area contributed by atoms with Crippen molar-refractivity contribution in [2.45, 2.75) is 31.3 Å². The molecule has 110 valence electrons. The van der Waals surface area contributed by atoms with E-state index in [1.165, 1.54) is 12.1 Å². The van der Waals surface area contributed by atoms with Crippen LogP contribution in [-0.4, -0.2) is 28.4 Å². The second-order valence-corrected chi connectivity index (χ2v) is 6.12. The molecule has 1 saturated carbocycles. The van der Waals surface area contributed by atoms with E-state index in [4.69, 9.17) is 9.84 Å². The van der Waals surface area contributed by atoms with Crippen molar-refractivity contribution in [1.29, 1.82) is 0 Å². The van der Waals surface area contributed by atoms with E-state index in [2.05, 4.69) is 15.9 Å². The monoisotopic (exact) mass is 346 g/mol. The third-order valence-electron chi connectivity index (χ3n) is 3.66. The van der Waals surface area contributed by atoms with Gasteiger partial charge in [0.1, 0.15) is 6.61 Å². The van der Waals surface area contributed by atoms with Crippen LogP contribution in [0.2, 0.25) is 0 Å². The quantitative estimate of drug-likeness (QED) is 0.879. The zero-order chi connectivity index (χ0) is 14.8. The predicted octanol–water partition coefficient (Wildman–Crippen LogP) is 2.97. The molecule has 0 atom stereocenters. The number of carboxylic acids is 1. The van der Waals surface area contributed by atoms with E-state index in [1.807, 2.05) is 0 Å². The van der Waals surface area contributed by atoms with E-state index >= 15 is 0 Å². The summed E-state index contributed by atoms with van der Waals surface area (Å²) in [5.41, 5.74) is -1.08. The van der Waals surface area contributed by atoms with Crippen LogP contribution in [0.5, 0.6) is 5.75 Å². The topological polar surface area (TPSA) is 66.8 Å². The highest BCUT2D eigenvalue weighted by Gasteiger charge is 2.36. The smallest absolute Gasteiger partial charge is 0.306 e. The van der Waals surface area contributed by atoms with Gasteiger partial charge in [0.15, 0.2) is 11.6 Å². The summed E-state index contributed by atoms with van der Waals surface area (Å²) >= 11 is 3.15. The highest BCUT2D eigenvalue weighted by molar-refractivity contribution is 9.10. The average molecular weight is 347 g/mol. The minimum Gasteiger partial charge on any atom is -0.488 e. The zero-order valence-electron chi connectivity index (χ0n) is 10.8. The minimum absolute atomic E-state index is 0.0299. The summed E-state index contributed by atoms with van der Waals surface area (Å²) in [6.07, 6.45) is 1.53. The Kier molecular flexibility index (Phi) is 4.65. The highest BCUT2D eigenvalue weighted by Crippen LogP contribution is 2.33. The van der Waals surface area contributed by atoms with Crippen molar-refractivity contribution < 1.29 is 24.1 Å². The Morgan fingerprint density at radius 2 is 2.10 bits per heavy atom. The lowest BCUT2D eigenvalue weighted by atomic mass is 9.79. The molecule has 6 heteroatoms. The van der Waals surface area contributed by atoms with Gasteiger partial charge < -0.3 is 14.9 Å². The second-order valence-electron chi connectivity index (χ2n) is 5.20. The third kappa shape index (κ3) is 3.70. The molecule has 0 aliphatic heterocycles. The Morgan fingerprint density at radius 3 is 2.65 bits per heavy atom. The molecule has 0 amide bonds. The van der Waals surface area contributed by atoms with Gasteiger partial charge in [-0.15, -0.1) is 0 Å². The first-order valence-corrected chi connectivity index (χ1v) is 7.22. The number of carbonyl (C=O) groups is 1. The summed E-state index contributed by atoms with van der Waals surface area (Å²) < 4.78 is 19.5. The zero-order valence-corrected chi connectivity index (χ0v) is 12.4. The van der Waals surface area contributed by atoms with Crippen LogP contribution in [0.15, 0.2) is 22.7 Å². The van der Waals surface area contributed by atoms with Crippen LogP contribution in [0.3, 0.4) is 0 Å². The number of benzene rings is 1. The summed E-state index contributed by atoms with van der Waals surface area (Å²) in [6.45, 7) is -0.0299. The van der Waals surface area contributed by atoms with E-state index in [9.17, 15) is 14.3 Å². The third-order valence-corrected chi connectivity index (χ3v) is 4.15. The van der Waals surface area contributed by atoms with Crippen LogP contribution in [0, 0.1) is 11.7 Å². The summed E-state index contributed by atoms with van der Waals surface area (Å²) in [6, 6.07) is 4.44. The molecule has 0 bridgehead atoms. The SMILES string of the molecule is O=C(O)C1CCC(O)(COc2ccc(Br)cc2F)CC1. The van der Waals surface area contributed by atoms with E-state index in [-0.39, 0.29) is 12.4 Å². The molecule has 2 rings (SSSR count). The van der Waals surface area contributed by atoms with Crippen molar-refractivity contribution in [2.24, 2.45) is 5.92 Å². The number of aliphatic carboxylic acids is 1. The van der Waals surface area contributed by atoms with Crippen LogP contribution in [0.1, 0.15) is 25.7 Å². The van der Waals surface area contributed by atoms with Gasteiger partial charge in [0.05, 0.1) is 11.5 Å². The van der Waals surface area contributed by atoms with Crippen molar-refractivity contribution in [3.63, 3.8) is 0 Å². The van der Waals surface area contributed by atoms with Crippen LogP contribution in [0.25, 0.3) is 0 Å². The maximum atomic E-state index is 13.6. The van der Waals surface area contributed by atoms with Crippen molar-refractivity contribution in [2.75, 3.05) is 6.61 Å². The first-order chi connectivity index (χ1) is 9.39. The molecule has 1 aliphatic rings. The standard InChI is InChI=1S/C14H16BrFO4/c15-10-1-2-12(11(16)7-10)20-8-14(19)5-3-9(4-6-14)13(17)18/h1-2,7,9,19H,3-6,8H2,(H,17,18). The molecular weight excluding hydrogens is 331 g/mol. The minimum atomic E-state index is -1.08. The number of ether oxygens (including phenoxy) is 1. The largest absolute Gasteiger partial charge is 0.488 e. The molecular formula is C14H16BrFO4. The molecule has 0 saturated heterocycles. The summed E-state index contributed by atoms with van der Waals surface area (Å²) in [4.78, 5) is 10.9. The fourth-order valence-electron chi connectivity index (χ4n) is 2.35. The maximum Gasteiger partial charge on any atom is 0.306 e. The van der Waals surface area contributed by atoms with Gasteiger partial charge in [-0.25, -0.2) is 4.39 Å². The highest BCUT2D eigenvalue weighted by atomic mass is 79.9. The van der Waals surface area contributed by atoms with Crippen LogP contribution in [0.4, 0.5) is 4.39 Å². The van der Waals surface area contributed by atoms with Gasteiger partial charge in [-0.2, -0.15) is 0 Å². The lowest BCUT2D eigenvalue weighted by molar-refractivity contribution is -0.145. The summed E-state index contributed by atoms with van der Waals surface area (Å²) in [7, 11) is 0. The van der Waals surface area contributed by atoms with Crippen molar-refractivity contribution in [3.8, 4) is 5.75 Å². The van der Waals surface area contributed by atoms with E-state index in [0.29, 0.717) is 30.2 Å². The molecule has 1 aromatic rings. The van der Waals surface area contributed by atoms with Gasteiger partial charge in [0.2, 0.25) is 0 Å². The lowest BCUT2D eigenvalue weighted by Crippen LogP contribution is -2.41. The Hall–Kier alpha value is -1.14. The van der Waals surface area contributed by atoms with Crippen LogP contribution >= 0.6 is 15.9 Å². The van der Waals surface area contributed by atoms with Gasteiger partial charge in [-0.1, -0.05) is 15.9 Å². The maximum absolute atomic E-state index is 13.6. The molecule has 0 aromatic heterocycles. The Balaban J connectivity index is 1.92. The molecule has 1 aromatic carbocycles. The fourth-order valence-corrected chi connectivity index (χ4v) is 2.68. The number of carboxylic acid groups (broad SMARTS) is 1. The first kappa shape index (κ1) is 15.3. The molecule has 0 unspecified atom stereocenters. The average Bonchev–Trinajstić information content (AvgIpc) is 2.38. The molecule has 0 spiro atoms. The van der Waals surface area contributed by atoms with Gasteiger partial charge in [-0.05, 0) is 43.9 Å². The van der Waals surface area contributed by atoms with Gasteiger partial charge in [-0.3, -0.25) is 4.79 Å². The molecule has 0 radical (unpaired) electrons. The Morgan fingerprint density at radius 1 is 1.45 bits per heavy atom. The van der Waals surface area contributed by atoms with Crippen molar-refractivity contribution >= 4 is 21.9 Å². The number of hydrogen-bond donors (Lipinski definition) is 2. The van der Waals surface area contributed by atoms with Crippen molar-refractivity contribution in [3.05, 3.63) is 28.5 Å². The fraction of sp³-hybridized carbons (Fsp3) is 0.500. The number of hydrogen-bond acceptors (Lipinski definition) is 3. The molecule has 0 heterocycles. The van der Waals surface area contributed by atoms with Crippen molar-refractivity contribution in [1.82, 2.24) is 0 Å².